The number of nitrogens with one attached hydrogen (secondary N) is 1. The van der Waals surface area contributed by atoms with Crippen molar-refractivity contribution in [3.8, 4) is 0 Å². The predicted molar refractivity (Wildman–Crippen MR) is 43.1 cm³/mol. The van der Waals surface area contributed by atoms with Gasteiger partial charge in [0.25, 0.3) is 5.91 Å². The summed E-state index contributed by atoms with van der Waals surface area (Å²) in [5.74, 6) is 2.67. The molecule has 3 heteroatoms. The Labute approximate surface area is 65.5 Å². The second kappa shape index (κ2) is 3.17. The Bertz CT molecular complexity index is 257. The van der Waals surface area contributed by atoms with Crippen LogP contribution >= 0.6 is 0 Å². The molecule has 0 radical (unpaired) electrons. The number of aliphatic imine (C=N–C) groups is 1. The van der Waals surface area contributed by atoms with Crippen LogP contribution in [0, 0.1) is 5.92 Å². The number of nitrogens with zero attached hydrogens (tertiary/aromatic N) is 1. The number of amides is 1. The molecule has 0 aromatic carbocycles. The van der Waals surface area contributed by atoms with E-state index < -0.39 is 0 Å². The standard InChI is InChI=1S/C8H10N2O/c1-6(2)7-5-9-3-4-10-8(7)11/h4-6H,1-2H3,(H,10,11). The van der Waals surface area contributed by atoms with E-state index in [0.717, 1.165) is 0 Å². The van der Waals surface area contributed by atoms with Gasteiger partial charge in [0.05, 0.1) is 6.20 Å². The summed E-state index contributed by atoms with van der Waals surface area (Å²) < 4.78 is 0. The van der Waals surface area contributed by atoms with Crippen molar-refractivity contribution in [3.05, 3.63) is 18.0 Å². The highest BCUT2D eigenvalue weighted by Crippen LogP contribution is 2.09. The molecule has 0 saturated carbocycles. The average molecular weight is 150 g/mol. The summed E-state index contributed by atoms with van der Waals surface area (Å²) in [5.41, 5.74) is 0.686. The first-order valence-corrected chi connectivity index (χ1v) is 3.50. The molecule has 3 nitrogen and oxygen atoms in total. The fourth-order valence-corrected chi connectivity index (χ4v) is 0.795. The van der Waals surface area contributed by atoms with Gasteiger partial charge in [-0.15, -0.1) is 0 Å². The van der Waals surface area contributed by atoms with E-state index in [1.54, 1.807) is 6.20 Å². The van der Waals surface area contributed by atoms with Crippen LogP contribution in [0.1, 0.15) is 13.8 Å². The third-order valence-electron chi connectivity index (χ3n) is 1.43. The van der Waals surface area contributed by atoms with E-state index in [1.165, 1.54) is 6.20 Å². The summed E-state index contributed by atoms with van der Waals surface area (Å²) in [6.45, 7) is 3.90. The quantitative estimate of drug-likeness (QED) is 0.591. The van der Waals surface area contributed by atoms with Gasteiger partial charge in [0.15, 0.2) is 0 Å². The smallest absolute Gasteiger partial charge is 0.253 e. The van der Waals surface area contributed by atoms with E-state index in [0.29, 0.717) is 5.57 Å². The molecular formula is C8H10N2O. The van der Waals surface area contributed by atoms with Crippen LogP contribution in [0.3, 0.4) is 0 Å². The van der Waals surface area contributed by atoms with E-state index in [1.807, 2.05) is 13.8 Å². The van der Waals surface area contributed by atoms with Crippen LogP contribution in [0.15, 0.2) is 23.0 Å². The average Bonchev–Trinajstić information content (AvgIpc) is 2.13. The lowest BCUT2D eigenvalue weighted by atomic mass is 10.0. The molecule has 0 unspecified atom stereocenters. The van der Waals surface area contributed by atoms with Crippen LogP contribution in [0.5, 0.6) is 0 Å². The molecule has 1 aliphatic rings. The van der Waals surface area contributed by atoms with E-state index in [9.17, 15) is 4.79 Å². The lowest BCUT2D eigenvalue weighted by Crippen LogP contribution is -2.21. The van der Waals surface area contributed by atoms with Gasteiger partial charge in [-0.1, -0.05) is 13.8 Å². The lowest BCUT2D eigenvalue weighted by Gasteiger charge is -2.05. The molecule has 0 atom stereocenters. The fraction of sp³-hybridized carbons (Fsp3) is 0.375. The second-order valence-corrected chi connectivity index (χ2v) is 2.62. The van der Waals surface area contributed by atoms with Crippen LogP contribution in [0.4, 0.5) is 0 Å². The fourth-order valence-electron chi connectivity index (χ4n) is 0.795. The SMILES string of the molecule is CC(C)C1=CN=C=CNC1=O. The molecule has 1 N–H and O–H groups in total. The van der Waals surface area contributed by atoms with Crippen molar-refractivity contribution in [1.29, 1.82) is 0 Å². The molecule has 58 valence electrons. The van der Waals surface area contributed by atoms with Gasteiger partial charge in [-0.3, -0.25) is 4.79 Å². The zero-order chi connectivity index (χ0) is 8.27. The molecule has 0 bridgehead atoms. The molecule has 1 aliphatic heterocycles. The Hall–Kier alpha value is -1.34. The maximum atomic E-state index is 11.1. The molecule has 0 aliphatic carbocycles. The van der Waals surface area contributed by atoms with Crippen molar-refractivity contribution in [2.75, 3.05) is 0 Å². The van der Waals surface area contributed by atoms with E-state index >= 15 is 0 Å². The summed E-state index contributed by atoms with van der Waals surface area (Å²) in [6.07, 6.45) is 2.96. The first-order valence-electron chi connectivity index (χ1n) is 3.50. The minimum atomic E-state index is -0.0891. The third kappa shape index (κ3) is 1.79. The third-order valence-corrected chi connectivity index (χ3v) is 1.43. The Morgan fingerprint density at radius 2 is 2.36 bits per heavy atom. The monoisotopic (exact) mass is 150 g/mol. The Morgan fingerprint density at radius 3 is 3.00 bits per heavy atom. The zero-order valence-electron chi connectivity index (χ0n) is 6.59. The number of rotatable bonds is 1. The van der Waals surface area contributed by atoms with Gasteiger partial charge in [0.1, 0.15) is 0 Å². The van der Waals surface area contributed by atoms with Gasteiger partial charge in [-0.2, -0.15) is 0 Å². The Balaban J connectivity index is 2.92. The molecule has 0 fully saturated rings. The van der Waals surface area contributed by atoms with E-state index in [2.05, 4.69) is 16.2 Å². The van der Waals surface area contributed by atoms with Crippen molar-refractivity contribution in [3.63, 3.8) is 0 Å². The first-order chi connectivity index (χ1) is 5.22. The number of hydrogen-bond acceptors (Lipinski definition) is 2. The van der Waals surface area contributed by atoms with Gasteiger partial charge in [0, 0.05) is 17.6 Å². The number of carbonyl (C=O) groups is 1. The van der Waals surface area contributed by atoms with E-state index in [4.69, 9.17) is 0 Å². The molecule has 1 heterocycles. The normalized spacial score (nSPS) is 16.3. The summed E-state index contributed by atoms with van der Waals surface area (Å²) in [6, 6.07) is 0. The Morgan fingerprint density at radius 1 is 1.64 bits per heavy atom. The highest BCUT2D eigenvalue weighted by molar-refractivity contribution is 5.95. The highest BCUT2D eigenvalue weighted by atomic mass is 16.1. The van der Waals surface area contributed by atoms with Crippen LogP contribution in [-0.4, -0.2) is 11.8 Å². The lowest BCUT2D eigenvalue weighted by molar-refractivity contribution is -0.117. The molecular weight excluding hydrogens is 140 g/mol. The maximum absolute atomic E-state index is 11.1. The van der Waals surface area contributed by atoms with Crippen molar-refractivity contribution in [2.24, 2.45) is 10.9 Å². The minimum Gasteiger partial charge on any atom is -0.320 e. The summed E-state index contributed by atoms with van der Waals surface area (Å²) >= 11 is 0. The van der Waals surface area contributed by atoms with Crippen molar-refractivity contribution >= 4 is 11.8 Å². The molecule has 1 amide bonds. The number of carbonyl (C=O) groups excluding carboxylic acids is 1. The van der Waals surface area contributed by atoms with Crippen LogP contribution in [-0.2, 0) is 4.79 Å². The molecule has 1 rings (SSSR count). The minimum absolute atomic E-state index is 0.0891. The summed E-state index contributed by atoms with van der Waals surface area (Å²) in [4.78, 5) is 14.9. The van der Waals surface area contributed by atoms with Gasteiger partial charge in [0.2, 0.25) is 0 Å². The highest BCUT2D eigenvalue weighted by Gasteiger charge is 2.12. The van der Waals surface area contributed by atoms with Gasteiger partial charge >= 0.3 is 0 Å². The van der Waals surface area contributed by atoms with Crippen molar-refractivity contribution in [1.82, 2.24) is 5.32 Å². The van der Waals surface area contributed by atoms with E-state index in [-0.39, 0.29) is 11.8 Å². The van der Waals surface area contributed by atoms with Crippen molar-refractivity contribution < 1.29 is 4.79 Å². The largest absolute Gasteiger partial charge is 0.320 e. The molecule has 0 aromatic rings. The molecule has 0 aromatic heterocycles. The molecule has 11 heavy (non-hydrogen) atoms. The van der Waals surface area contributed by atoms with Crippen LogP contribution in [0.25, 0.3) is 0 Å². The van der Waals surface area contributed by atoms with Gasteiger partial charge < -0.3 is 5.32 Å². The van der Waals surface area contributed by atoms with Gasteiger partial charge in [-0.25, -0.2) is 4.99 Å². The topological polar surface area (TPSA) is 41.5 Å². The number of hydrogen-bond donors (Lipinski definition) is 1. The zero-order valence-corrected chi connectivity index (χ0v) is 6.59. The molecule has 0 spiro atoms. The molecule has 0 saturated heterocycles. The van der Waals surface area contributed by atoms with Crippen LogP contribution < -0.4 is 5.32 Å². The summed E-state index contributed by atoms with van der Waals surface area (Å²) in [7, 11) is 0. The predicted octanol–water partition coefficient (Wildman–Crippen LogP) is 0.839. The van der Waals surface area contributed by atoms with Crippen molar-refractivity contribution in [2.45, 2.75) is 13.8 Å². The summed E-state index contributed by atoms with van der Waals surface area (Å²) in [5, 5.41) is 2.54. The Kier molecular flexibility index (Phi) is 2.24. The first kappa shape index (κ1) is 7.76. The maximum Gasteiger partial charge on any atom is 0.253 e. The second-order valence-electron chi connectivity index (χ2n) is 2.62. The van der Waals surface area contributed by atoms with Gasteiger partial charge in [-0.05, 0) is 5.92 Å². The van der Waals surface area contributed by atoms with Crippen LogP contribution in [0.2, 0.25) is 0 Å².